The molecule has 1 saturated heterocycles. The zero-order chi connectivity index (χ0) is 24.6. The number of carbonyl (C=O) groups is 2. The van der Waals surface area contributed by atoms with E-state index in [1.54, 1.807) is 43.6 Å². The molecule has 1 fully saturated rings. The van der Waals surface area contributed by atoms with Crippen LogP contribution in [-0.4, -0.2) is 28.9 Å². The fraction of sp³-hybridized carbons (Fsp3) is 0.250. The Hall–Kier alpha value is -3.93. The van der Waals surface area contributed by atoms with Gasteiger partial charge in [0.15, 0.2) is 0 Å². The van der Waals surface area contributed by atoms with Gasteiger partial charge in [0.05, 0.1) is 18.4 Å². The quantitative estimate of drug-likeness (QED) is 0.313. The van der Waals surface area contributed by atoms with E-state index in [0.29, 0.717) is 28.6 Å². The molecule has 2 aromatic carbocycles. The van der Waals surface area contributed by atoms with Crippen LogP contribution in [0, 0.1) is 13.8 Å². The van der Waals surface area contributed by atoms with E-state index in [9.17, 15) is 14.7 Å². The Labute approximate surface area is 199 Å². The number of Topliss-reactive ketones (excluding diaryl/α,β-unsaturated/α-hetero) is 1. The number of ether oxygens (including phenoxy) is 1. The number of aromatic nitrogens is 1. The fourth-order valence-corrected chi connectivity index (χ4v) is 4.35. The van der Waals surface area contributed by atoms with Gasteiger partial charge in [-0.2, -0.15) is 0 Å². The third kappa shape index (κ3) is 3.96. The summed E-state index contributed by atoms with van der Waals surface area (Å²) in [7, 11) is 1.58. The lowest BCUT2D eigenvalue weighted by Gasteiger charge is -2.25. The zero-order valence-electron chi connectivity index (χ0n) is 20.0. The number of anilines is 1. The summed E-state index contributed by atoms with van der Waals surface area (Å²) in [5, 5.41) is 11.4. The maximum atomic E-state index is 13.3. The molecule has 3 aromatic rings. The number of nitrogens with zero attached hydrogens (tertiary/aromatic N) is 2. The number of hydrogen-bond donors (Lipinski definition) is 1. The van der Waals surface area contributed by atoms with Crippen LogP contribution >= 0.6 is 0 Å². The molecule has 1 aliphatic heterocycles. The molecule has 0 saturated carbocycles. The molecule has 1 N–H and O–H groups in total. The van der Waals surface area contributed by atoms with Gasteiger partial charge in [0.25, 0.3) is 11.7 Å². The third-order valence-electron chi connectivity index (χ3n) is 6.25. The van der Waals surface area contributed by atoms with Crippen molar-refractivity contribution in [2.75, 3.05) is 12.0 Å². The van der Waals surface area contributed by atoms with Gasteiger partial charge in [-0.25, -0.2) is 0 Å². The molecule has 1 atom stereocenters. The van der Waals surface area contributed by atoms with Crippen molar-refractivity contribution in [3.05, 3.63) is 94.3 Å². The molecule has 1 amide bonds. The van der Waals surface area contributed by atoms with Gasteiger partial charge in [-0.05, 0) is 72.9 Å². The van der Waals surface area contributed by atoms with Gasteiger partial charge in [0.2, 0.25) is 0 Å². The first-order chi connectivity index (χ1) is 16.2. The number of carbonyl (C=O) groups excluding carboxylic acids is 2. The van der Waals surface area contributed by atoms with Crippen molar-refractivity contribution in [3.63, 3.8) is 0 Å². The molecule has 1 unspecified atom stereocenters. The summed E-state index contributed by atoms with van der Waals surface area (Å²) in [4.78, 5) is 32.5. The zero-order valence-corrected chi connectivity index (χ0v) is 20.0. The van der Waals surface area contributed by atoms with E-state index >= 15 is 0 Å². The molecule has 6 nitrogen and oxygen atoms in total. The van der Waals surface area contributed by atoms with Crippen molar-refractivity contribution in [1.82, 2.24) is 4.98 Å². The van der Waals surface area contributed by atoms with E-state index in [4.69, 9.17) is 4.74 Å². The standard InChI is InChI=1S/C28H28N2O4/c1-16(2)19-9-11-20(12-10-19)30-25(22-8-6-7-13-29-22)24(27(32)28(30)33)26(31)21-14-18(4)23(34-5)15-17(21)3/h6-16,25,31H,1-5H3/b26-24+. The summed E-state index contributed by atoms with van der Waals surface area (Å²) >= 11 is 0. The second-order valence-corrected chi connectivity index (χ2v) is 8.81. The van der Waals surface area contributed by atoms with Gasteiger partial charge in [-0.15, -0.1) is 0 Å². The third-order valence-corrected chi connectivity index (χ3v) is 6.25. The van der Waals surface area contributed by atoms with E-state index in [1.165, 1.54) is 4.90 Å². The van der Waals surface area contributed by atoms with Crippen molar-refractivity contribution in [2.24, 2.45) is 0 Å². The highest BCUT2D eigenvalue weighted by Crippen LogP contribution is 2.42. The van der Waals surface area contributed by atoms with Gasteiger partial charge in [-0.1, -0.05) is 32.0 Å². The normalized spacial score (nSPS) is 17.5. The molecule has 2 heterocycles. The topological polar surface area (TPSA) is 79.7 Å². The highest BCUT2D eigenvalue weighted by Gasteiger charge is 2.47. The summed E-state index contributed by atoms with van der Waals surface area (Å²) in [6, 6.07) is 15.6. The van der Waals surface area contributed by atoms with Gasteiger partial charge in [0, 0.05) is 17.4 Å². The maximum Gasteiger partial charge on any atom is 0.300 e. The largest absolute Gasteiger partial charge is 0.507 e. The average molecular weight is 457 g/mol. The highest BCUT2D eigenvalue weighted by molar-refractivity contribution is 6.51. The second-order valence-electron chi connectivity index (χ2n) is 8.81. The number of aliphatic hydroxyl groups is 1. The van der Waals surface area contributed by atoms with Crippen LogP contribution in [0.4, 0.5) is 5.69 Å². The van der Waals surface area contributed by atoms with Crippen LogP contribution in [0.3, 0.4) is 0 Å². The highest BCUT2D eigenvalue weighted by atomic mass is 16.5. The van der Waals surface area contributed by atoms with Crippen LogP contribution in [0.2, 0.25) is 0 Å². The molecule has 0 aliphatic carbocycles. The molecule has 174 valence electrons. The summed E-state index contributed by atoms with van der Waals surface area (Å²) in [6.07, 6.45) is 1.61. The minimum Gasteiger partial charge on any atom is -0.507 e. The van der Waals surface area contributed by atoms with Crippen molar-refractivity contribution >= 4 is 23.1 Å². The van der Waals surface area contributed by atoms with Crippen LogP contribution in [0.5, 0.6) is 5.75 Å². The van der Waals surface area contributed by atoms with Crippen molar-refractivity contribution < 1.29 is 19.4 Å². The van der Waals surface area contributed by atoms with Gasteiger partial charge < -0.3 is 9.84 Å². The molecule has 4 rings (SSSR count). The number of amides is 1. The molecule has 34 heavy (non-hydrogen) atoms. The fourth-order valence-electron chi connectivity index (χ4n) is 4.35. The van der Waals surface area contributed by atoms with Gasteiger partial charge >= 0.3 is 0 Å². The van der Waals surface area contributed by atoms with Crippen LogP contribution in [-0.2, 0) is 9.59 Å². The summed E-state index contributed by atoms with van der Waals surface area (Å²) in [6.45, 7) is 7.87. The van der Waals surface area contributed by atoms with Crippen molar-refractivity contribution in [1.29, 1.82) is 0 Å². The first kappa shape index (κ1) is 23.2. The van der Waals surface area contributed by atoms with Crippen molar-refractivity contribution in [3.8, 4) is 5.75 Å². The summed E-state index contributed by atoms with van der Waals surface area (Å²) in [5.41, 5.74) is 4.23. The number of hydrogen-bond acceptors (Lipinski definition) is 5. The van der Waals surface area contributed by atoms with E-state index in [-0.39, 0.29) is 11.3 Å². The Kier molecular flexibility index (Phi) is 6.24. The lowest BCUT2D eigenvalue weighted by Crippen LogP contribution is -2.29. The number of rotatable bonds is 5. The number of methoxy groups -OCH3 is 1. The minimum absolute atomic E-state index is 0.0179. The lowest BCUT2D eigenvalue weighted by atomic mass is 9.95. The summed E-state index contributed by atoms with van der Waals surface area (Å²) < 4.78 is 5.38. The van der Waals surface area contributed by atoms with Gasteiger partial charge in [-0.3, -0.25) is 19.5 Å². The van der Waals surface area contributed by atoms with E-state index in [2.05, 4.69) is 18.8 Å². The molecule has 0 spiro atoms. The molecule has 1 aliphatic rings. The first-order valence-corrected chi connectivity index (χ1v) is 11.2. The number of benzene rings is 2. The molecule has 6 heteroatoms. The van der Waals surface area contributed by atoms with Gasteiger partial charge in [0.1, 0.15) is 17.6 Å². The SMILES string of the molecule is COc1cc(C)c(/C(O)=C2\C(=O)C(=O)N(c3ccc(C(C)C)cc3)C2c2ccccn2)cc1C. The molecular formula is C28H28N2O4. The Morgan fingerprint density at radius 1 is 1.03 bits per heavy atom. The Morgan fingerprint density at radius 2 is 1.74 bits per heavy atom. The number of ketones is 1. The van der Waals surface area contributed by atoms with Crippen molar-refractivity contribution in [2.45, 2.75) is 39.7 Å². The molecule has 0 radical (unpaired) electrons. The van der Waals surface area contributed by atoms with Crippen LogP contribution in [0.15, 0.2) is 66.4 Å². The monoisotopic (exact) mass is 456 g/mol. The van der Waals surface area contributed by atoms with E-state index in [0.717, 1.165) is 16.7 Å². The second kappa shape index (κ2) is 9.14. The van der Waals surface area contributed by atoms with E-state index in [1.807, 2.05) is 38.1 Å². The number of pyridine rings is 1. The Bertz CT molecular complexity index is 1280. The molecular weight excluding hydrogens is 428 g/mol. The number of aliphatic hydroxyl groups excluding tert-OH is 1. The maximum absolute atomic E-state index is 13.3. The van der Waals surface area contributed by atoms with E-state index < -0.39 is 17.7 Å². The smallest absolute Gasteiger partial charge is 0.300 e. The Morgan fingerprint density at radius 3 is 2.32 bits per heavy atom. The first-order valence-electron chi connectivity index (χ1n) is 11.2. The summed E-state index contributed by atoms with van der Waals surface area (Å²) in [5.74, 6) is -0.650. The van der Waals surface area contributed by atoms with Crippen LogP contribution in [0.1, 0.15) is 53.8 Å². The minimum atomic E-state index is -0.854. The lowest BCUT2D eigenvalue weighted by molar-refractivity contribution is -0.132. The molecule has 0 bridgehead atoms. The molecule has 1 aromatic heterocycles. The average Bonchev–Trinajstić information content (AvgIpc) is 3.10. The predicted molar refractivity (Wildman–Crippen MR) is 132 cm³/mol. The van der Waals surface area contributed by atoms with Crippen LogP contribution < -0.4 is 9.64 Å². The van der Waals surface area contributed by atoms with Crippen LogP contribution in [0.25, 0.3) is 5.76 Å². The number of aryl methyl sites for hydroxylation is 2. The Balaban J connectivity index is 1.92. The predicted octanol–water partition coefficient (Wildman–Crippen LogP) is 5.46.